The lowest BCUT2D eigenvalue weighted by atomic mass is 10.2. The predicted molar refractivity (Wildman–Crippen MR) is 66.2 cm³/mol. The Balaban J connectivity index is 2.48. The molecule has 18 heavy (non-hydrogen) atoms. The quantitative estimate of drug-likeness (QED) is 0.549. The van der Waals surface area contributed by atoms with Crippen molar-refractivity contribution in [2.45, 2.75) is 12.5 Å². The maximum atomic E-state index is 11.6. The highest BCUT2D eigenvalue weighted by Crippen LogP contribution is 2.06. The fourth-order valence-electron chi connectivity index (χ4n) is 1.40. The average molecular weight is 252 g/mol. The number of carboxylic acid groups (broad SMARTS) is 1. The lowest BCUT2D eigenvalue weighted by molar-refractivity contribution is -0.141. The number of amides is 1. The second-order valence-electron chi connectivity index (χ2n) is 3.69. The smallest absolute Gasteiger partial charge is 0.321 e. The number of benzene rings is 1. The fraction of sp³-hybridized carbons (Fsp3) is 0.333. The number of rotatable bonds is 7. The molecule has 0 heterocycles. The summed E-state index contributed by atoms with van der Waals surface area (Å²) in [5, 5.41) is 22.7. The molecule has 1 atom stereocenters. The zero-order chi connectivity index (χ0) is 13.4. The molecule has 1 unspecified atom stereocenters. The molecular formula is C12H16N2O4. The van der Waals surface area contributed by atoms with Crippen LogP contribution in [0.3, 0.4) is 0 Å². The van der Waals surface area contributed by atoms with Gasteiger partial charge in [-0.2, -0.15) is 0 Å². The van der Waals surface area contributed by atoms with Crippen LogP contribution in [0.25, 0.3) is 0 Å². The highest BCUT2D eigenvalue weighted by Gasteiger charge is 2.20. The van der Waals surface area contributed by atoms with E-state index in [2.05, 4.69) is 10.6 Å². The van der Waals surface area contributed by atoms with Gasteiger partial charge in [0.1, 0.15) is 6.04 Å². The van der Waals surface area contributed by atoms with Crippen LogP contribution in [-0.2, 0) is 9.59 Å². The molecule has 0 spiro atoms. The standard InChI is InChI=1S/C12H16N2O4/c15-7-6-13-10(12(17)18)8-11(16)14-9-4-2-1-3-5-9/h1-5,10,13,15H,6-8H2,(H,14,16)(H,17,18). The summed E-state index contributed by atoms with van der Waals surface area (Å²) in [7, 11) is 0. The summed E-state index contributed by atoms with van der Waals surface area (Å²) >= 11 is 0. The molecule has 1 rings (SSSR count). The largest absolute Gasteiger partial charge is 0.480 e. The van der Waals surface area contributed by atoms with Gasteiger partial charge in [-0.05, 0) is 12.1 Å². The molecule has 0 bridgehead atoms. The van der Waals surface area contributed by atoms with Gasteiger partial charge in [0, 0.05) is 12.2 Å². The van der Waals surface area contributed by atoms with Gasteiger partial charge in [0.2, 0.25) is 5.91 Å². The van der Waals surface area contributed by atoms with Gasteiger partial charge in [-0.25, -0.2) is 0 Å². The van der Waals surface area contributed by atoms with Gasteiger partial charge in [-0.15, -0.1) is 0 Å². The summed E-state index contributed by atoms with van der Waals surface area (Å²) in [6.45, 7) is -0.0420. The summed E-state index contributed by atoms with van der Waals surface area (Å²) < 4.78 is 0. The van der Waals surface area contributed by atoms with Crippen molar-refractivity contribution < 1.29 is 19.8 Å². The third-order valence-corrected chi connectivity index (χ3v) is 2.25. The molecule has 6 nitrogen and oxygen atoms in total. The van der Waals surface area contributed by atoms with Crippen molar-refractivity contribution in [2.24, 2.45) is 0 Å². The number of aliphatic carboxylic acids is 1. The van der Waals surface area contributed by atoms with Gasteiger partial charge < -0.3 is 20.8 Å². The van der Waals surface area contributed by atoms with E-state index in [1.165, 1.54) is 0 Å². The van der Waals surface area contributed by atoms with Gasteiger partial charge in [0.25, 0.3) is 0 Å². The Morgan fingerprint density at radius 3 is 2.44 bits per heavy atom. The molecule has 4 N–H and O–H groups in total. The number of nitrogens with one attached hydrogen (secondary N) is 2. The monoisotopic (exact) mass is 252 g/mol. The molecule has 0 radical (unpaired) electrons. The average Bonchev–Trinajstić information content (AvgIpc) is 2.35. The van der Waals surface area contributed by atoms with Crippen molar-refractivity contribution in [3.63, 3.8) is 0 Å². The van der Waals surface area contributed by atoms with Crippen molar-refractivity contribution >= 4 is 17.6 Å². The highest BCUT2D eigenvalue weighted by molar-refractivity contribution is 5.93. The van der Waals surface area contributed by atoms with Crippen LogP contribution in [0.2, 0.25) is 0 Å². The Morgan fingerprint density at radius 1 is 1.22 bits per heavy atom. The first-order valence-electron chi connectivity index (χ1n) is 5.55. The Hall–Kier alpha value is -1.92. The van der Waals surface area contributed by atoms with E-state index in [0.717, 1.165) is 0 Å². The number of aliphatic hydroxyl groups excluding tert-OH is 1. The van der Waals surface area contributed by atoms with E-state index < -0.39 is 12.0 Å². The molecule has 98 valence electrons. The lowest BCUT2D eigenvalue weighted by Crippen LogP contribution is -2.41. The minimum Gasteiger partial charge on any atom is -0.480 e. The maximum absolute atomic E-state index is 11.6. The summed E-state index contributed by atoms with van der Waals surface area (Å²) in [5.41, 5.74) is 0.619. The van der Waals surface area contributed by atoms with E-state index in [0.29, 0.717) is 5.69 Å². The second kappa shape index (κ2) is 7.41. The van der Waals surface area contributed by atoms with E-state index >= 15 is 0 Å². The van der Waals surface area contributed by atoms with E-state index in [9.17, 15) is 9.59 Å². The van der Waals surface area contributed by atoms with Crippen LogP contribution in [0, 0.1) is 0 Å². The Kier molecular flexibility index (Phi) is 5.83. The molecule has 1 aromatic rings. The number of anilines is 1. The van der Waals surface area contributed by atoms with Crippen molar-refractivity contribution in [1.29, 1.82) is 0 Å². The van der Waals surface area contributed by atoms with Gasteiger partial charge in [-0.3, -0.25) is 9.59 Å². The summed E-state index contributed by atoms with van der Waals surface area (Å²) in [5.74, 6) is -1.51. The minimum absolute atomic E-state index is 0.135. The van der Waals surface area contributed by atoms with Crippen molar-refractivity contribution in [3.8, 4) is 0 Å². The number of para-hydroxylation sites is 1. The Bertz CT molecular complexity index is 394. The summed E-state index contributed by atoms with van der Waals surface area (Å²) in [6, 6.07) is 7.80. The molecule has 0 aliphatic heterocycles. The molecule has 0 saturated heterocycles. The van der Waals surface area contributed by atoms with Gasteiger partial charge in [0.15, 0.2) is 0 Å². The molecule has 6 heteroatoms. The van der Waals surface area contributed by atoms with Crippen molar-refractivity contribution in [1.82, 2.24) is 5.32 Å². The zero-order valence-electron chi connectivity index (χ0n) is 9.80. The van der Waals surface area contributed by atoms with Crippen LogP contribution in [0.1, 0.15) is 6.42 Å². The highest BCUT2D eigenvalue weighted by atomic mass is 16.4. The molecule has 0 aliphatic carbocycles. The van der Waals surface area contributed by atoms with Crippen LogP contribution in [0.15, 0.2) is 30.3 Å². The van der Waals surface area contributed by atoms with Crippen LogP contribution in [0.5, 0.6) is 0 Å². The third kappa shape index (κ3) is 4.94. The van der Waals surface area contributed by atoms with Gasteiger partial charge >= 0.3 is 5.97 Å². The summed E-state index contributed by atoms with van der Waals surface area (Å²) in [6.07, 6.45) is -0.190. The van der Waals surface area contributed by atoms with Crippen molar-refractivity contribution in [3.05, 3.63) is 30.3 Å². The van der Waals surface area contributed by atoms with Crippen LogP contribution >= 0.6 is 0 Å². The number of carbonyl (C=O) groups excluding carboxylic acids is 1. The zero-order valence-corrected chi connectivity index (χ0v) is 9.80. The first-order valence-corrected chi connectivity index (χ1v) is 5.55. The van der Waals surface area contributed by atoms with Crippen LogP contribution < -0.4 is 10.6 Å². The van der Waals surface area contributed by atoms with Crippen LogP contribution in [0.4, 0.5) is 5.69 Å². The van der Waals surface area contributed by atoms with Gasteiger partial charge in [-0.1, -0.05) is 18.2 Å². The fourth-order valence-corrected chi connectivity index (χ4v) is 1.40. The first kappa shape index (κ1) is 14.1. The Morgan fingerprint density at radius 2 is 1.89 bits per heavy atom. The van der Waals surface area contributed by atoms with E-state index in [1.807, 2.05) is 6.07 Å². The SMILES string of the molecule is O=C(CC(NCCO)C(=O)O)Nc1ccccc1. The molecule has 1 amide bonds. The normalized spacial score (nSPS) is 11.8. The van der Waals surface area contributed by atoms with Gasteiger partial charge in [0.05, 0.1) is 13.0 Å². The number of aliphatic hydroxyl groups is 1. The van der Waals surface area contributed by atoms with E-state index in [-0.39, 0.29) is 25.5 Å². The molecule has 0 aromatic heterocycles. The maximum Gasteiger partial charge on any atom is 0.321 e. The second-order valence-corrected chi connectivity index (χ2v) is 3.69. The van der Waals surface area contributed by atoms with E-state index in [1.54, 1.807) is 24.3 Å². The molecular weight excluding hydrogens is 236 g/mol. The van der Waals surface area contributed by atoms with E-state index in [4.69, 9.17) is 10.2 Å². The Labute approximate surface area is 105 Å². The lowest BCUT2D eigenvalue weighted by Gasteiger charge is -2.13. The molecule has 0 saturated carbocycles. The topological polar surface area (TPSA) is 98.7 Å². The number of hydrogen-bond acceptors (Lipinski definition) is 4. The summed E-state index contributed by atoms with van der Waals surface area (Å²) in [4.78, 5) is 22.5. The molecule has 0 aliphatic rings. The predicted octanol–water partition coefficient (Wildman–Crippen LogP) is 0.0503. The van der Waals surface area contributed by atoms with Crippen LogP contribution in [-0.4, -0.2) is 41.3 Å². The minimum atomic E-state index is -1.12. The number of carbonyl (C=O) groups is 2. The first-order chi connectivity index (χ1) is 8.63. The number of hydrogen-bond donors (Lipinski definition) is 4. The molecule has 1 aromatic carbocycles. The molecule has 0 fully saturated rings. The van der Waals surface area contributed by atoms with Crippen molar-refractivity contribution in [2.75, 3.05) is 18.5 Å². The third-order valence-electron chi connectivity index (χ3n) is 2.25. The number of carboxylic acids is 1.